The zero-order valence-electron chi connectivity index (χ0n) is 20.5. The van der Waals surface area contributed by atoms with Crippen LogP contribution in [0.4, 0.5) is 11.4 Å². The molecule has 8 heteroatoms. The van der Waals surface area contributed by atoms with Crippen LogP contribution in [0.3, 0.4) is 0 Å². The van der Waals surface area contributed by atoms with Gasteiger partial charge in [0.2, 0.25) is 10.0 Å². The van der Waals surface area contributed by atoms with Gasteiger partial charge in [-0.15, -0.1) is 0 Å². The average molecular weight is 532 g/mol. The van der Waals surface area contributed by atoms with Gasteiger partial charge in [-0.3, -0.25) is 9.10 Å². The zero-order chi connectivity index (χ0) is 26.2. The highest BCUT2D eigenvalue weighted by Gasteiger charge is 2.19. The number of amides is 1. The van der Waals surface area contributed by atoms with Crippen LogP contribution in [0.15, 0.2) is 91.0 Å². The number of benzene rings is 4. The second-order valence-corrected chi connectivity index (χ2v) is 11.2. The Morgan fingerprint density at radius 1 is 0.892 bits per heavy atom. The molecule has 4 aromatic carbocycles. The summed E-state index contributed by atoms with van der Waals surface area (Å²) in [5.74, 6) is -0.236. The molecular weight excluding hydrogens is 506 g/mol. The molecule has 0 unspecified atom stereocenters. The minimum absolute atomic E-state index is 0.124. The van der Waals surface area contributed by atoms with Crippen molar-refractivity contribution in [2.75, 3.05) is 15.9 Å². The minimum atomic E-state index is -3.54. The quantitative estimate of drug-likeness (QED) is 0.254. The summed E-state index contributed by atoms with van der Waals surface area (Å²) in [5.41, 5.74) is 4.71. The Labute approximate surface area is 221 Å². The number of carbonyl (C=O) groups is 1. The van der Waals surface area contributed by atoms with Gasteiger partial charge in [0.05, 0.1) is 18.5 Å². The molecule has 1 amide bonds. The number of hydrogen-bond donors (Lipinski definition) is 1. The number of carbonyl (C=O) groups excluding carboxylic acids is 1. The second-order valence-electron chi connectivity index (χ2n) is 8.89. The Morgan fingerprint density at radius 3 is 2.32 bits per heavy atom. The lowest BCUT2D eigenvalue weighted by molar-refractivity contribution is 0.102. The first kappa shape index (κ1) is 24.9. The number of nitrogens with one attached hydrogen (secondary N) is 1. The monoisotopic (exact) mass is 531 g/mol. The predicted molar refractivity (Wildman–Crippen MR) is 152 cm³/mol. The fourth-order valence-corrected chi connectivity index (χ4v) is 5.70. The molecule has 0 fully saturated rings. The summed E-state index contributed by atoms with van der Waals surface area (Å²) in [7, 11) is -3.54. The molecule has 0 aliphatic heterocycles. The van der Waals surface area contributed by atoms with Crippen LogP contribution >= 0.6 is 11.6 Å². The summed E-state index contributed by atoms with van der Waals surface area (Å²) in [4.78, 5) is 13.0. The van der Waals surface area contributed by atoms with Crippen molar-refractivity contribution in [2.45, 2.75) is 20.0 Å². The van der Waals surface area contributed by atoms with Crippen molar-refractivity contribution in [2.24, 2.45) is 0 Å². The van der Waals surface area contributed by atoms with Gasteiger partial charge < -0.3 is 9.88 Å². The van der Waals surface area contributed by atoms with Crippen LogP contribution in [0.1, 0.15) is 22.8 Å². The van der Waals surface area contributed by atoms with Crippen molar-refractivity contribution in [3.05, 3.63) is 107 Å². The Bertz CT molecular complexity index is 1730. The van der Waals surface area contributed by atoms with Crippen molar-refractivity contribution in [1.82, 2.24) is 4.57 Å². The van der Waals surface area contributed by atoms with E-state index in [9.17, 15) is 13.2 Å². The van der Waals surface area contributed by atoms with E-state index in [1.165, 1.54) is 9.82 Å². The standard InChI is InChI=1S/C29H26ClN3O3S/c1-3-32-27-10-5-4-9-25(27)26-18-23(15-16-28(26)32)31-29(34)21-13-11-20(12-14-21)19-33(37(2,35)36)24-8-6-7-22(30)17-24/h4-18H,3,19H2,1-2H3,(H,31,34). The van der Waals surface area contributed by atoms with Gasteiger partial charge in [0, 0.05) is 44.6 Å². The Balaban J connectivity index is 1.36. The average Bonchev–Trinajstić information content (AvgIpc) is 3.20. The SMILES string of the molecule is CCn1c2ccccc2c2cc(NC(=O)c3ccc(CN(c4cccc(Cl)c4)S(C)(=O)=O)cc3)ccc21. The van der Waals surface area contributed by atoms with Crippen LogP contribution in [-0.4, -0.2) is 25.1 Å². The van der Waals surface area contributed by atoms with E-state index >= 15 is 0 Å². The van der Waals surface area contributed by atoms with E-state index in [1.807, 2.05) is 30.3 Å². The number of halogens is 1. The number of hydrogen-bond acceptors (Lipinski definition) is 3. The van der Waals surface area contributed by atoms with Crippen LogP contribution < -0.4 is 9.62 Å². The van der Waals surface area contributed by atoms with Gasteiger partial charge in [-0.25, -0.2) is 8.42 Å². The highest BCUT2D eigenvalue weighted by molar-refractivity contribution is 7.92. The summed E-state index contributed by atoms with van der Waals surface area (Å²) in [6.07, 6.45) is 1.16. The molecule has 6 nitrogen and oxygen atoms in total. The number of nitrogens with zero attached hydrogens (tertiary/aromatic N) is 2. The molecule has 37 heavy (non-hydrogen) atoms. The summed E-state index contributed by atoms with van der Waals surface area (Å²) in [6, 6.07) is 27.8. The Hall–Kier alpha value is -3.81. The first-order valence-electron chi connectivity index (χ1n) is 11.9. The van der Waals surface area contributed by atoms with Crippen molar-refractivity contribution in [3.8, 4) is 0 Å². The molecule has 0 spiro atoms. The third kappa shape index (κ3) is 5.05. The van der Waals surface area contributed by atoms with E-state index in [0.717, 1.165) is 34.7 Å². The van der Waals surface area contributed by atoms with Gasteiger partial charge in [0.25, 0.3) is 5.91 Å². The molecule has 0 aliphatic carbocycles. The van der Waals surface area contributed by atoms with E-state index in [2.05, 4.69) is 28.9 Å². The highest BCUT2D eigenvalue weighted by atomic mass is 35.5. The lowest BCUT2D eigenvalue weighted by Gasteiger charge is -2.22. The third-order valence-corrected chi connectivity index (χ3v) is 7.76. The molecular formula is C29H26ClN3O3S. The first-order valence-corrected chi connectivity index (χ1v) is 14.1. The molecule has 1 N–H and O–H groups in total. The molecule has 5 rings (SSSR count). The van der Waals surface area contributed by atoms with Crippen LogP contribution in [0, 0.1) is 0 Å². The van der Waals surface area contributed by atoms with Crippen LogP contribution in [0.25, 0.3) is 21.8 Å². The van der Waals surface area contributed by atoms with Crippen molar-refractivity contribution in [3.63, 3.8) is 0 Å². The molecule has 0 saturated carbocycles. The molecule has 1 heterocycles. The van der Waals surface area contributed by atoms with Crippen LogP contribution in [0.5, 0.6) is 0 Å². The van der Waals surface area contributed by atoms with Gasteiger partial charge in [-0.05, 0) is 67.1 Å². The summed E-state index contributed by atoms with van der Waals surface area (Å²) in [6.45, 7) is 3.10. The Kier molecular flexibility index (Phi) is 6.67. The number of anilines is 2. The van der Waals surface area contributed by atoms with Crippen LogP contribution in [0.2, 0.25) is 5.02 Å². The third-order valence-electron chi connectivity index (χ3n) is 6.39. The second kappa shape index (κ2) is 9.92. The number of rotatable bonds is 7. The maximum atomic E-state index is 13.0. The number of sulfonamides is 1. The summed E-state index contributed by atoms with van der Waals surface area (Å²) >= 11 is 6.07. The topological polar surface area (TPSA) is 71.4 Å². The smallest absolute Gasteiger partial charge is 0.255 e. The summed E-state index contributed by atoms with van der Waals surface area (Å²) in [5, 5.41) is 5.68. The molecule has 0 atom stereocenters. The van der Waals surface area contributed by atoms with E-state index in [4.69, 9.17) is 11.6 Å². The Morgan fingerprint density at radius 2 is 1.62 bits per heavy atom. The van der Waals surface area contributed by atoms with E-state index in [1.54, 1.807) is 48.5 Å². The number of para-hydroxylation sites is 1. The molecule has 0 bridgehead atoms. The van der Waals surface area contributed by atoms with Gasteiger partial charge in [0.1, 0.15) is 0 Å². The molecule has 0 radical (unpaired) electrons. The summed E-state index contributed by atoms with van der Waals surface area (Å²) < 4.78 is 28.4. The molecule has 5 aromatic rings. The predicted octanol–water partition coefficient (Wildman–Crippen LogP) is 6.69. The van der Waals surface area contributed by atoms with Crippen molar-refractivity contribution < 1.29 is 13.2 Å². The van der Waals surface area contributed by atoms with Crippen molar-refractivity contribution in [1.29, 1.82) is 0 Å². The first-order chi connectivity index (χ1) is 17.7. The van der Waals surface area contributed by atoms with E-state index in [-0.39, 0.29) is 12.5 Å². The maximum Gasteiger partial charge on any atom is 0.255 e. The maximum absolute atomic E-state index is 13.0. The fraction of sp³-hybridized carbons (Fsp3) is 0.138. The molecule has 0 saturated heterocycles. The normalized spacial score (nSPS) is 11.6. The van der Waals surface area contributed by atoms with E-state index in [0.29, 0.717) is 22.0 Å². The number of fused-ring (bicyclic) bond motifs is 3. The van der Waals surface area contributed by atoms with Crippen LogP contribution in [-0.2, 0) is 23.1 Å². The lowest BCUT2D eigenvalue weighted by Crippen LogP contribution is -2.29. The minimum Gasteiger partial charge on any atom is -0.341 e. The fourth-order valence-electron chi connectivity index (χ4n) is 4.63. The van der Waals surface area contributed by atoms with E-state index < -0.39 is 10.0 Å². The number of aromatic nitrogens is 1. The molecule has 0 aliphatic rings. The molecule has 188 valence electrons. The van der Waals surface area contributed by atoms with Gasteiger partial charge in [-0.2, -0.15) is 0 Å². The molecule has 1 aromatic heterocycles. The number of aryl methyl sites for hydroxylation is 1. The van der Waals surface area contributed by atoms with Crippen molar-refractivity contribution >= 4 is 60.7 Å². The largest absolute Gasteiger partial charge is 0.341 e. The zero-order valence-corrected chi connectivity index (χ0v) is 22.1. The lowest BCUT2D eigenvalue weighted by atomic mass is 10.1. The van der Waals surface area contributed by atoms with Gasteiger partial charge >= 0.3 is 0 Å². The van der Waals surface area contributed by atoms with Gasteiger partial charge in [-0.1, -0.05) is 48.0 Å². The highest BCUT2D eigenvalue weighted by Crippen LogP contribution is 2.31. The van der Waals surface area contributed by atoms with Gasteiger partial charge in [0.15, 0.2) is 0 Å².